The lowest BCUT2D eigenvalue weighted by atomic mass is 10.1. The summed E-state index contributed by atoms with van der Waals surface area (Å²) >= 11 is 0. The largest absolute Gasteiger partial charge is 0.349 e. The second-order valence-electron chi connectivity index (χ2n) is 3.03. The second kappa shape index (κ2) is 3.05. The first kappa shape index (κ1) is 6.85. The normalized spacial score (nSPS) is 24.2. The highest BCUT2D eigenvalue weighted by Gasteiger charge is 2.14. The number of imidazole rings is 1. The molecule has 2 heterocycles. The average Bonchev–Trinajstić information content (AvgIpc) is 2.60. The summed E-state index contributed by atoms with van der Waals surface area (Å²) in [4.78, 5) is 7.30. The lowest BCUT2D eigenvalue weighted by Crippen LogP contribution is -2.24. The van der Waals surface area contributed by atoms with E-state index in [2.05, 4.69) is 15.3 Å². The fourth-order valence-electron chi connectivity index (χ4n) is 1.57. The zero-order valence-electron chi connectivity index (χ0n) is 6.51. The molecule has 1 unspecified atom stereocenters. The Bertz CT molecular complexity index is 199. The van der Waals surface area contributed by atoms with Crippen LogP contribution >= 0.6 is 0 Å². The molecule has 1 saturated heterocycles. The van der Waals surface area contributed by atoms with Gasteiger partial charge in [-0.25, -0.2) is 4.98 Å². The zero-order valence-corrected chi connectivity index (χ0v) is 6.51. The number of H-pyrrole nitrogens is 1. The van der Waals surface area contributed by atoms with E-state index in [1.807, 2.05) is 12.4 Å². The molecule has 0 bridgehead atoms. The van der Waals surface area contributed by atoms with Crippen LogP contribution < -0.4 is 5.32 Å². The predicted molar refractivity (Wildman–Crippen MR) is 43.3 cm³/mol. The van der Waals surface area contributed by atoms with Crippen LogP contribution in [0.15, 0.2) is 12.4 Å². The monoisotopic (exact) mass is 151 g/mol. The van der Waals surface area contributed by atoms with Gasteiger partial charge in [-0.3, -0.25) is 0 Å². The average molecular weight is 151 g/mol. The van der Waals surface area contributed by atoms with E-state index in [0.29, 0.717) is 6.04 Å². The highest BCUT2D eigenvalue weighted by molar-refractivity contribution is 4.92. The molecule has 1 fully saturated rings. The second-order valence-corrected chi connectivity index (χ2v) is 3.03. The summed E-state index contributed by atoms with van der Waals surface area (Å²) in [6.07, 6.45) is 7.34. The van der Waals surface area contributed by atoms with Gasteiger partial charge in [0.25, 0.3) is 0 Å². The number of hydrogen-bond donors (Lipinski definition) is 2. The molecular formula is C8H13N3. The third kappa shape index (κ3) is 1.60. The summed E-state index contributed by atoms with van der Waals surface area (Å²) in [6, 6.07) is 0.654. The Balaban J connectivity index is 1.90. The van der Waals surface area contributed by atoms with Crippen molar-refractivity contribution in [1.82, 2.24) is 15.3 Å². The Kier molecular flexibility index (Phi) is 1.90. The van der Waals surface area contributed by atoms with Crippen LogP contribution in [0, 0.1) is 0 Å². The minimum atomic E-state index is 0.654. The molecular weight excluding hydrogens is 138 g/mol. The van der Waals surface area contributed by atoms with Gasteiger partial charge in [-0.05, 0) is 19.4 Å². The zero-order chi connectivity index (χ0) is 7.52. The standard InChI is InChI=1S/C8H13N3/c1-2-7(9-3-1)6-8-10-4-5-11-8/h4-5,7,9H,1-3,6H2,(H,10,11). The van der Waals surface area contributed by atoms with Crippen LogP contribution in [0.4, 0.5) is 0 Å². The molecule has 3 nitrogen and oxygen atoms in total. The van der Waals surface area contributed by atoms with E-state index in [0.717, 1.165) is 12.2 Å². The third-order valence-electron chi connectivity index (χ3n) is 2.16. The lowest BCUT2D eigenvalue weighted by molar-refractivity contribution is 0.588. The first-order valence-corrected chi connectivity index (χ1v) is 4.17. The van der Waals surface area contributed by atoms with Gasteiger partial charge < -0.3 is 10.3 Å². The van der Waals surface area contributed by atoms with Crippen molar-refractivity contribution in [3.8, 4) is 0 Å². The number of nitrogens with zero attached hydrogens (tertiary/aromatic N) is 1. The van der Waals surface area contributed by atoms with Crippen molar-refractivity contribution in [2.24, 2.45) is 0 Å². The molecule has 0 spiro atoms. The molecule has 2 rings (SSSR count). The minimum Gasteiger partial charge on any atom is -0.349 e. The van der Waals surface area contributed by atoms with Crippen molar-refractivity contribution in [2.75, 3.05) is 6.54 Å². The van der Waals surface area contributed by atoms with Crippen molar-refractivity contribution < 1.29 is 0 Å². The molecule has 2 N–H and O–H groups in total. The van der Waals surface area contributed by atoms with Gasteiger partial charge in [0.15, 0.2) is 0 Å². The van der Waals surface area contributed by atoms with Crippen molar-refractivity contribution in [3.63, 3.8) is 0 Å². The van der Waals surface area contributed by atoms with Gasteiger partial charge in [-0.2, -0.15) is 0 Å². The van der Waals surface area contributed by atoms with E-state index in [1.165, 1.54) is 19.4 Å². The summed E-state index contributed by atoms with van der Waals surface area (Å²) in [7, 11) is 0. The molecule has 60 valence electrons. The van der Waals surface area contributed by atoms with Crippen LogP contribution in [0.3, 0.4) is 0 Å². The molecule has 0 aliphatic carbocycles. The van der Waals surface area contributed by atoms with Crippen LogP contribution in [0.1, 0.15) is 18.7 Å². The summed E-state index contributed by atoms with van der Waals surface area (Å²) in [5, 5.41) is 3.43. The first-order chi connectivity index (χ1) is 5.45. The SMILES string of the molecule is c1c[nH]c(CC2CCCN2)n1. The number of rotatable bonds is 2. The Hall–Kier alpha value is -0.830. The Labute approximate surface area is 66.2 Å². The van der Waals surface area contributed by atoms with E-state index in [4.69, 9.17) is 0 Å². The van der Waals surface area contributed by atoms with Gasteiger partial charge in [0.2, 0.25) is 0 Å². The molecule has 11 heavy (non-hydrogen) atoms. The summed E-state index contributed by atoms with van der Waals surface area (Å²) in [5.74, 6) is 1.10. The van der Waals surface area contributed by atoms with Crippen LogP contribution in [0.2, 0.25) is 0 Å². The van der Waals surface area contributed by atoms with E-state index in [9.17, 15) is 0 Å². The van der Waals surface area contributed by atoms with Crippen molar-refractivity contribution in [1.29, 1.82) is 0 Å². The Morgan fingerprint density at radius 1 is 1.64 bits per heavy atom. The quantitative estimate of drug-likeness (QED) is 0.653. The minimum absolute atomic E-state index is 0.654. The number of nitrogens with one attached hydrogen (secondary N) is 2. The molecule has 3 heteroatoms. The maximum Gasteiger partial charge on any atom is 0.107 e. The van der Waals surface area contributed by atoms with Gasteiger partial charge in [0.05, 0.1) is 0 Å². The summed E-state index contributed by atoms with van der Waals surface area (Å²) in [6.45, 7) is 1.17. The highest BCUT2D eigenvalue weighted by Crippen LogP contribution is 2.08. The van der Waals surface area contributed by atoms with Gasteiger partial charge >= 0.3 is 0 Å². The van der Waals surface area contributed by atoms with E-state index in [1.54, 1.807) is 0 Å². The van der Waals surface area contributed by atoms with Crippen LogP contribution in [-0.4, -0.2) is 22.6 Å². The molecule has 0 radical (unpaired) electrons. The van der Waals surface area contributed by atoms with E-state index >= 15 is 0 Å². The number of aromatic amines is 1. The maximum atomic E-state index is 4.18. The van der Waals surface area contributed by atoms with Gasteiger partial charge in [0.1, 0.15) is 5.82 Å². The molecule has 0 amide bonds. The topological polar surface area (TPSA) is 40.7 Å². The van der Waals surface area contributed by atoms with Crippen LogP contribution in [0.5, 0.6) is 0 Å². The smallest absolute Gasteiger partial charge is 0.107 e. The molecule has 0 saturated carbocycles. The molecule has 1 aliphatic rings. The summed E-state index contributed by atoms with van der Waals surface area (Å²) < 4.78 is 0. The fraction of sp³-hybridized carbons (Fsp3) is 0.625. The van der Waals surface area contributed by atoms with Crippen LogP contribution in [-0.2, 0) is 6.42 Å². The van der Waals surface area contributed by atoms with Gasteiger partial charge in [-0.15, -0.1) is 0 Å². The van der Waals surface area contributed by atoms with Crippen molar-refractivity contribution in [3.05, 3.63) is 18.2 Å². The van der Waals surface area contributed by atoms with Crippen molar-refractivity contribution >= 4 is 0 Å². The highest BCUT2D eigenvalue weighted by atomic mass is 15.0. The van der Waals surface area contributed by atoms with Crippen molar-refractivity contribution in [2.45, 2.75) is 25.3 Å². The molecule has 1 aromatic rings. The van der Waals surface area contributed by atoms with E-state index in [-0.39, 0.29) is 0 Å². The third-order valence-corrected chi connectivity index (χ3v) is 2.16. The summed E-state index contributed by atoms with van der Waals surface area (Å²) in [5.41, 5.74) is 0. The van der Waals surface area contributed by atoms with Gasteiger partial charge in [-0.1, -0.05) is 0 Å². The first-order valence-electron chi connectivity index (χ1n) is 4.17. The van der Waals surface area contributed by atoms with Crippen LogP contribution in [0.25, 0.3) is 0 Å². The molecule has 1 atom stereocenters. The molecule has 1 aromatic heterocycles. The number of aromatic nitrogens is 2. The van der Waals surface area contributed by atoms with Gasteiger partial charge in [0, 0.05) is 24.9 Å². The molecule has 0 aromatic carbocycles. The van der Waals surface area contributed by atoms with E-state index < -0.39 is 0 Å². The predicted octanol–water partition coefficient (Wildman–Crippen LogP) is 0.704. The lowest BCUT2D eigenvalue weighted by Gasteiger charge is -2.06. The Morgan fingerprint density at radius 2 is 2.64 bits per heavy atom. The Morgan fingerprint density at radius 3 is 3.27 bits per heavy atom. The fourth-order valence-corrected chi connectivity index (χ4v) is 1.57. The maximum absolute atomic E-state index is 4.18. The molecule has 1 aliphatic heterocycles. The number of hydrogen-bond acceptors (Lipinski definition) is 2.